The zero-order chi connectivity index (χ0) is 11.5. The molecule has 0 saturated heterocycles. The van der Waals surface area contributed by atoms with E-state index in [1.807, 2.05) is 18.5 Å². The molecule has 0 aliphatic carbocycles. The molecule has 0 aromatic carbocycles. The van der Waals surface area contributed by atoms with Crippen LogP contribution in [-0.2, 0) is 6.54 Å². The smallest absolute Gasteiger partial charge is 0.139 e. The summed E-state index contributed by atoms with van der Waals surface area (Å²) in [6.45, 7) is 7.03. The molecule has 2 heterocycles. The zero-order valence-corrected chi connectivity index (χ0v) is 9.96. The maximum Gasteiger partial charge on any atom is 0.139 e. The molecule has 0 bridgehead atoms. The molecule has 16 heavy (non-hydrogen) atoms. The van der Waals surface area contributed by atoms with Crippen molar-refractivity contribution in [1.29, 1.82) is 0 Å². The van der Waals surface area contributed by atoms with E-state index in [9.17, 15) is 0 Å². The van der Waals surface area contributed by atoms with Gasteiger partial charge in [-0.15, -0.1) is 0 Å². The third-order valence-electron chi connectivity index (χ3n) is 2.43. The van der Waals surface area contributed by atoms with Gasteiger partial charge in [-0.2, -0.15) is 0 Å². The van der Waals surface area contributed by atoms with Gasteiger partial charge < -0.3 is 9.72 Å². The monoisotopic (exact) mass is 235 g/mol. The van der Waals surface area contributed by atoms with Gasteiger partial charge in [0.15, 0.2) is 0 Å². The van der Waals surface area contributed by atoms with Gasteiger partial charge in [0.1, 0.15) is 5.65 Å². The first kappa shape index (κ1) is 11.2. The molecule has 2 rings (SSSR count). The molecular weight excluding hydrogens is 222 g/mol. The fourth-order valence-corrected chi connectivity index (χ4v) is 1.75. The quantitative estimate of drug-likeness (QED) is 0.882. The van der Waals surface area contributed by atoms with Crippen LogP contribution in [0.25, 0.3) is 5.65 Å². The van der Waals surface area contributed by atoms with Gasteiger partial charge >= 0.3 is 0 Å². The predicted molar refractivity (Wildman–Crippen MR) is 66.6 cm³/mol. The van der Waals surface area contributed by atoms with Crippen molar-refractivity contribution in [3.05, 3.63) is 47.4 Å². The van der Waals surface area contributed by atoms with Gasteiger partial charge in [-0.3, -0.25) is 0 Å². The molecule has 2 aromatic heterocycles. The van der Waals surface area contributed by atoms with Gasteiger partial charge in [0, 0.05) is 24.3 Å². The minimum absolute atomic E-state index is 0.612. The number of fused-ring (bicyclic) bond motifs is 1. The van der Waals surface area contributed by atoms with E-state index in [1.165, 1.54) is 5.56 Å². The third-order valence-corrected chi connectivity index (χ3v) is 2.56. The summed E-state index contributed by atoms with van der Waals surface area (Å²) in [5, 5.41) is 3.82. The maximum absolute atomic E-state index is 5.68. The van der Waals surface area contributed by atoms with Crippen LogP contribution in [0.5, 0.6) is 0 Å². The molecular formula is C12H14ClN3. The lowest BCUT2D eigenvalue weighted by Gasteiger charge is -2.04. The average Bonchev–Trinajstić information content (AvgIpc) is 2.63. The molecule has 1 N–H and O–H groups in total. The van der Waals surface area contributed by atoms with Crippen LogP contribution in [-0.4, -0.2) is 15.9 Å². The van der Waals surface area contributed by atoms with E-state index in [4.69, 9.17) is 11.6 Å². The van der Waals surface area contributed by atoms with E-state index in [0.717, 1.165) is 17.9 Å². The van der Waals surface area contributed by atoms with E-state index in [1.54, 1.807) is 0 Å². The Kier molecular flexibility index (Phi) is 3.27. The first-order valence-corrected chi connectivity index (χ1v) is 5.52. The number of halogens is 1. The van der Waals surface area contributed by atoms with E-state index >= 15 is 0 Å². The summed E-state index contributed by atoms with van der Waals surface area (Å²) in [6, 6.07) is 4.08. The van der Waals surface area contributed by atoms with E-state index < -0.39 is 0 Å². The van der Waals surface area contributed by atoms with Crippen molar-refractivity contribution in [3.8, 4) is 0 Å². The Hall–Kier alpha value is -1.32. The Bertz CT molecular complexity index is 516. The molecule has 4 heteroatoms. The van der Waals surface area contributed by atoms with Crippen molar-refractivity contribution in [3.63, 3.8) is 0 Å². The summed E-state index contributed by atoms with van der Waals surface area (Å²) in [5.74, 6) is 0. The second kappa shape index (κ2) is 4.68. The molecule has 0 atom stereocenters. The second-order valence-corrected chi connectivity index (χ2v) is 4.29. The highest BCUT2D eigenvalue weighted by Gasteiger charge is 2.03. The van der Waals surface area contributed by atoms with Crippen molar-refractivity contribution in [2.75, 3.05) is 6.54 Å². The molecule has 0 fully saturated rings. The van der Waals surface area contributed by atoms with E-state index in [0.29, 0.717) is 11.6 Å². The SMILES string of the molecule is C=C(Cl)CNCc1cnc2c(C)cccn12. The number of imidazole rings is 1. The van der Waals surface area contributed by atoms with Crippen molar-refractivity contribution in [2.45, 2.75) is 13.5 Å². The van der Waals surface area contributed by atoms with Crippen molar-refractivity contribution < 1.29 is 0 Å². The van der Waals surface area contributed by atoms with Gasteiger partial charge in [-0.05, 0) is 18.6 Å². The number of aryl methyl sites for hydroxylation is 1. The summed E-state index contributed by atoms with van der Waals surface area (Å²) in [6.07, 6.45) is 3.90. The first-order chi connectivity index (χ1) is 7.68. The maximum atomic E-state index is 5.68. The van der Waals surface area contributed by atoms with Gasteiger partial charge in [0.2, 0.25) is 0 Å². The molecule has 0 aliphatic heterocycles. The largest absolute Gasteiger partial charge is 0.306 e. The zero-order valence-electron chi connectivity index (χ0n) is 9.20. The third kappa shape index (κ3) is 2.26. The topological polar surface area (TPSA) is 29.3 Å². The normalized spacial score (nSPS) is 10.9. The van der Waals surface area contributed by atoms with Crippen LogP contribution in [0.15, 0.2) is 36.1 Å². The fraction of sp³-hybridized carbons (Fsp3) is 0.250. The minimum atomic E-state index is 0.612. The Balaban J connectivity index is 2.19. The molecule has 3 nitrogen and oxygen atoms in total. The summed E-state index contributed by atoms with van der Waals surface area (Å²) < 4.78 is 2.08. The standard InChI is InChI=1S/C12H14ClN3/c1-9-4-3-5-16-11(8-15-12(9)16)7-14-6-10(2)13/h3-5,8,14H,2,6-7H2,1H3. The molecule has 84 valence electrons. The number of pyridine rings is 1. The number of nitrogens with one attached hydrogen (secondary N) is 1. The van der Waals surface area contributed by atoms with Crippen LogP contribution in [0.4, 0.5) is 0 Å². The molecule has 0 radical (unpaired) electrons. The van der Waals surface area contributed by atoms with E-state index in [-0.39, 0.29) is 0 Å². The highest BCUT2D eigenvalue weighted by atomic mass is 35.5. The first-order valence-electron chi connectivity index (χ1n) is 5.14. The number of nitrogens with zero attached hydrogens (tertiary/aromatic N) is 2. The van der Waals surface area contributed by atoms with Gasteiger partial charge in [0.25, 0.3) is 0 Å². The molecule has 0 spiro atoms. The number of aromatic nitrogens is 2. The lowest BCUT2D eigenvalue weighted by atomic mass is 10.3. The average molecular weight is 236 g/mol. The van der Waals surface area contributed by atoms with Gasteiger partial charge in [-0.25, -0.2) is 4.98 Å². The van der Waals surface area contributed by atoms with Crippen LogP contribution in [0.1, 0.15) is 11.3 Å². The molecule has 0 unspecified atom stereocenters. The summed E-state index contributed by atoms with van der Waals surface area (Å²) in [7, 11) is 0. The van der Waals surface area contributed by atoms with Crippen LogP contribution < -0.4 is 5.32 Å². The summed E-state index contributed by atoms with van der Waals surface area (Å²) >= 11 is 5.68. The molecule has 2 aromatic rings. The van der Waals surface area contributed by atoms with Crippen molar-refractivity contribution in [2.24, 2.45) is 0 Å². The van der Waals surface area contributed by atoms with Crippen molar-refractivity contribution in [1.82, 2.24) is 14.7 Å². The highest BCUT2D eigenvalue weighted by Crippen LogP contribution is 2.10. The number of hydrogen-bond acceptors (Lipinski definition) is 2. The Morgan fingerprint density at radius 2 is 2.44 bits per heavy atom. The molecule has 0 aliphatic rings. The fourth-order valence-electron chi connectivity index (χ4n) is 1.66. The summed E-state index contributed by atoms with van der Waals surface area (Å²) in [4.78, 5) is 4.38. The molecule has 0 saturated carbocycles. The van der Waals surface area contributed by atoms with Gasteiger partial charge in [-0.1, -0.05) is 24.2 Å². The van der Waals surface area contributed by atoms with Crippen LogP contribution >= 0.6 is 11.6 Å². The Morgan fingerprint density at radius 3 is 3.19 bits per heavy atom. The minimum Gasteiger partial charge on any atom is -0.306 e. The second-order valence-electron chi connectivity index (χ2n) is 3.76. The van der Waals surface area contributed by atoms with E-state index in [2.05, 4.69) is 34.3 Å². The van der Waals surface area contributed by atoms with Crippen LogP contribution in [0, 0.1) is 6.92 Å². The van der Waals surface area contributed by atoms with Crippen molar-refractivity contribution >= 4 is 17.2 Å². The van der Waals surface area contributed by atoms with Crippen LogP contribution in [0.2, 0.25) is 0 Å². The summed E-state index contributed by atoms with van der Waals surface area (Å²) in [5.41, 5.74) is 3.30. The highest BCUT2D eigenvalue weighted by molar-refractivity contribution is 6.29. The Morgan fingerprint density at radius 1 is 1.62 bits per heavy atom. The molecule has 0 amide bonds. The number of hydrogen-bond donors (Lipinski definition) is 1. The Labute approximate surface area is 99.8 Å². The lowest BCUT2D eigenvalue weighted by molar-refractivity contribution is 0.729. The van der Waals surface area contributed by atoms with Gasteiger partial charge in [0.05, 0.1) is 11.9 Å². The predicted octanol–water partition coefficient (Wildman–Crippen LogP) is 2.48. The lowest BCUT2D eigenvalue weighted by Crippen LogP contribution is -2.15. The van der Waals surface area contributed by atoms with Crippen LogP contribution in [0.3, 0.4) is 0 Å². The number of rotatable bonds is 4.